The molecule has 2 atom stereocenters. The number of allylic oxidation sites excluding steroid dienone is 1. The molecule has 13 heavy (non-hydrogen) atoms. The van der Waals surface area contributed by atoms with Crippen molar-refractivity contribution in [2.45, 2.75) is 33.2 Å². The molecule has 0 saturated heterocycles. The van der Waals surface area contributed by atoms with Crippen LogP contribution in [0.3, 0.4) is 0 Å². The minimum atomic E-state index is 0.0629. The zero-order chi connectivity index (χ0) is 9.90. The highest BCUT2D eigenvalue weighted by atomic mass is 16.1. The molecular formula is C11H19NO. The second-order valence-corrected chi connectivity index (χ2v) is 4.43. The fraction of sp³-hybridized carbons (Fsp3) is 0.727. The fourth-order valence-electron chi connectivity index (χ4n) is 1.89. The monoisotopic (exact) mass is 181 g/mol. The summed E-state index contributed by atoms with van der Waals surface area (Å²) in [7, 11) is 0. The van der Waals surface area contributed by atoms with Crippen molar-refractivity contribution in [2.24, 2.45) is 11.3 Å². The van der Waals surface area contributed by atoms with E-state index in [0.29, 0.717) is 6.04 Å². The maximum atomic E-state index is 10.8. The van der Waals surface area contributed by atoms with Crippen molar-refractivity contribution in [3.63, 3.8) is 0 Å². The van der Waals surface area contributed by atoms with Gasteiger partial charge >= 0.3 is 0 Å². The van der Waals surface area contributed by atoms with Gasteiger partial charge < -0.3 is 10.1 Å². The summed E-state index contributed by atoms with van der Waals surface area (Å²) in [5, 5.41) is 3.36. The molecule has 0 saturated carbocycles. The molecule has 0 spiro atoms. The van der Waals surface area contributed by atoms with Crippen LogP contribution in [-0.4, -0.2) is 18.9 Å². The molecular weight excluding hydrogens is 162 g/mol. The van der Waals surface area contributed by atoms with E-state index in [0.717, 1.165) is 19.3 Å². The standard InChI is InChI=1S/C11H19NO/c1-4-12-10-7-11(2,3)6-5-9(10)8-13/h5-6,8-10,12H,4,7H2,1-3H3. The molecule has 0 radical (unpaired) electrons. The maximum absolute atomic E-state index is 10.8. The molecule has 1 N–H and O–H groups in total. The second-order valence-electron chi connectivity index (χ2n) is 4.43. The van der Waals surface area contributed by atoms with Gasteiger partial charge in [0.2, 0.25) is 0 Å². The topological polar surface area (TPSA) is 29.1 Å². The summed E-state index contributed by atoms with van der Waals surface area (Å²) in [6, 6.07) is 0.322. The van der Waals surface area contributed by atoms with Gasteiger partial charge in [0.1, 0.15) is 6.29 Å². The van der Waals surface area contributed by atoms with E-state index in [1.165, 1.54) is 0 Å². The lowest BCUT2D eigenvalue weighted by molar-refractivity contribution is -0.110. The summed E-state index contributed by atoms with van der Waals surface area (Å²) in [6.07, 6.45) is 6.27. The Labute approximate surface area is 80.4 Å². The van der Waals surface area contributed by atoms with Gasteiger partial charge in [0, 0.05) is 12.0 Å². The van der Waals surface area contributed by atoms with Crippen molar-refractivity contribution in [3.8, 4) is 0 Å². The molecule has 1 aliphatic carbocycles. The van der Waals surface area contributed by atoms with Crippen LogP contribution in [0, 0.1) is 11.3 Å². The summed E-state index contributed by atoms with van der Waals surface area (Å²) >= 11 is 0. The van der Waals surface area contributed by atoms with Crippen LogP contribution in [0.1, 0.15) is 27.2 Å². The predicted molar refractivity (Wildman–Crippen MR) is 54.6 cm³/mol. The van der Waals surface area contributed by atoms with E-state index in [-0.39, 0.29) is 11.3 Å². The third-order valence-electron chi connectivity index (χ3n) is 2.60. The van der Waals surface area contributed by atoms with Gasteiger partial charge in [0.15, 0.2) is 0 Å². The first-order chi connectivity index (χ1) is 6.09. The van der Waals surface area contributed by atoms with E-state index >= 15 is 0 Å². The predicted octanol–water partition coefficient (Wildman–Crippen LogP) is 1.77. The van der Waals surface area contributed by atoms with Crippen molar-refractivity contribution in [1.82, 2.24) is 5.32 Å². The Kier molecular flexibility index (Phi) is 3.26. The highest BCUT2D eigenvalue weighted by molar-refractivity contribution is 5.58. The first-order valence-electron chi connectivity index (χ1n) is 4.97. The van der Waals surface area contributed by atoms with E-state index in [9.17, 15) is 4.79 Å². The van der Waals surface area contributed by atoms with Gasteiger partial charge in [-0.3, -0.25) is 0 Å². The molecule has 0 amide bonds. The molecule has 0 aliphatic heterocycles. The van der Waals surface area contributed by atoms with Crippen molar-refractivity contribution < 1.29 is 4.79 Å². The van der Waals surface area contributed by atoms with E-state index in [1.54, 1.807) is 0 Å². The zero-order valence-corrected chi connectivity index (χ0v) is 8.71. The normalized spacial score (nSPS) is 31.6. The molecule has 2 nitrogen and oxygen atoms in total. The van der Waals surface area contributed by atoms with Crippen molar-refractivity contribution in [1.29, 1.82) is 0 Å². The van der Waals surface area contributed by atoms with Gasteiger partial charge in [-0.15, -0.1) is 0 Å². The number of aldehydes is 1. The number of nitrogens with one attached hydrogen (secondary N) is 1. The molecule has 2 unspecified atom stereocenters. The van der Waals surface area contributed by atoms with E-state index < -0.39 is 0 Å². The summed E-state index contributed by atoms with van der Waals surface area (Å²) in [4.78, 5) is 10.8. The molecule has 74 valence electrons. The van der Waals surface area contributed by atoms with Crippen LogP contribution in [0.5, 0.6) is 0 Å². The number of hydrogen-bond donors (Lipinski definition) is 1. The van der Waals surface area contributed by atoms with Crippen LogP contribution in [0.4, 0.5) is 0 Å². The lowest BCUT2D eigenvalue weighted by Crippen LogP contribution is -2.41. The summed E-state index contributed by atoms with van der Waals surface area (Å²) < 4.78 is 0. The molecule has 1 aliphatic rings. The molecule has 0 bridgehead atoms. The summed E-state index contributed by atoms with van der Waals surface area (Å²) in [5.74, 6) is 0.0629. The minimum Gasteiger partial charge on any atom is -0.313 e. The Hall–Kier alpha value is -0.630. The minimum absolute atomic E-state index is 0.0629. The van der Waals surface area contributed by atoms with Crippen molar-refractivity contribution >= 4 is 6.29 Å². The average molecular weight is 181 g/mol. The Morgan fingerprint density at radius 2 is 2.31 bits per heavy atom. The fourth-order valence-corrected chi connectivity index (χ4v) is 1.89. The highest BCUT2D eigenvalue weighted by Crippen LogP contribution is 2.31. The lowest BCUT2D eigenvalue weighted by atomic mass is 9.76. The van der Waals surface area contributed by atoms with Gasteiger partial charge in [0.25, 0.3) is 0 Å². The van der Waals surface area contributed by atoms with Gasteiger partial charge in [-0.25, -0.2) is 0 Å². The third-order valence-corrected chi connectivity index (χ3v) is 2.60. The number of rotatable bonds is 3. The van der Waals surface area contributed by atoms with Crippen LogP contribution in [0.2, 0.25) is 0 Å². The molecule has 0 aromatic carbocycles. The smallest absolute Gasteiger partial charge is 0.128 e. The molecule has 0 aromatic heterocycles. The van der Waals surface area contributed by atoms with E-state index in [1.807, 2.05) is 6.08 Å². The van der Waals surface area contributed by atoms with Crippen LogP contribution in [0.25, 0.3) is 0 Å². The van der Waals surface area contributed by atoms with Crippen molar-refractivity contribution in [3.05, 3.63) is 12.2 Å². The summed E-state index contributed by atoms with van der Waals surface area (Å²) in [6.45, 7) is 7.41. The number of carbonyl (C=O) groups is 1. The van der Waals surface area contributed by atoms with Crippen LogP contribution in [0.15, 0.2) is 12.2 Å². The molecule has 0 fully saturated rings. The van der Waals surface area contributed by atoms with Crippen LogP contribution < -0.4 is 5.32 Å². The molecule has 0 aromatic rings. The molecule has 2 heteroatoms. The van der Waals surface area contributed by atoms with E-state index in [2.05, 4.69) is 32.2 Å². The van der Waals surface area contributed by atoms with Crippen LogP contribution >= 0.6 is 0 Å². The quantitative estimate of drug-likeness (QED) is 0.531. The van der Waals surface area contributed by atoms with Crippen molar-refractivity contribution in [2.75, 3.05) is 6.54 Å². The van der Waals surface area contributed by atoms with Gasteiger partial charge in [0.05, 0.1) is 0 Å². The average Bonchev–Trinajstić information content (AvgIpc) is 2.04. The Balaban J connectivity index is 2.70. The van der Waals surface area contributed by atoms with Gasteiger partial charge in [-0.2, -0.15) is 0 Å². The lowest BCUT2D eigenvalue weighted by Gasteiger charge is -2.34. The SMILES string of the molecule is CCNC1CC(C)(C)C=CC1C=O. The molecule has 1 rings (SSSR count). The third kappa shape index (κ3) is 2.66. The Morgan fingerprint density at radius 3 is 2.85 bits per heavy atom. The number of hydrogen-bond acceptors (Lipinski definition) is 2. The molecule has 0 heterocycles. The maximum Gasteiger partial charge on any atom is 0.128 e. The second kappa shape index (κ2) is 4.05. The van der Waals surface area contributed by atoms with E-state index in [4.69, 9.17) is 0 Å². The number of carbonyl (C=O) groups excluding carboxylic acids is 1. The first-order valence-corrected chi connectivity index (χ1v) is 4.97. The highest BCUT2D eigenvalue weighted by Gasteiger charge is 2.29. The zero-order valence-electron chi connectivity index (χ0n) is 8.71. The Bertz CT molecular complexity index is 208. The largest absolute Gasteiger partial charge is 0.313 e. The van der Waals surface area contributed by atoms with Gasteiger partial charge in [-0.1, -0.05) is 32.9 Å². The van der Waals surface area contributed by atoms with Crippen LogP contribution in [-0.2, 0) is 4.79 Å². The van der Waals surface area contributed by atoms with Gasteiger partial charge in [-0.05, 0) is 18.4 Å². The summed E-state index contributed by atoms with van der Waals surface area (Å²) in [5.41, 5.74) is 0.229. The Morgan fingerprint density at radius 1 is 1.62 bits per heavy atom. The first kappa shape index (κ1) is 10.5.